The van der Waals surface area contributed by atoms with Gasteiger partial charge < -0.3 is 14.2 Å². The lowest BCUT2D eigenvalue weighted by atomic mass is 10.1. The van der Waals surface area contributed by atoms with E-state index in [-0.39, 0.29) is 0 Å². The molecule has 4 heteroatoms. The summed E-state index contributed by atoms with van der Waals surface area (Å²) in [6.07, 6.45) is 14.4. The van der Waals surface area contributed by atoms with Gasteiger partial charge in [-0.1, -0.05) is 18.2 Å². The van der Waals surface area contributed by atoms with Crippen molar-refractivity contribution in [3.05, 3.63) is 47.7 Å². The van der Waals surface area contributed by atoms with Gasteiger partial charge in [0.25, 0.3) is 0 Å². The number of thiol groups is 1. The molecule has 0 radical (unpaired) electrons. The molecule has 1 aromatic heterocycles. The van der Waals surface area contributed by atoms with Crippen LogP contribution in [0.25, 0.3) is 16.5 Å². The number of hydrogen-bond acceptors (Lipinski definition) is 3. The van der Waals surface area contributed by atoms with Gasteiger partial charge >= 0.3 is 0 Å². The first-order valence-electron chi connectivity index (χ1n) is 8.64. The Morgan fingerprint density at radius 2 is 1.96 bits per heavy atom. The third-order valence-electron chi connectivity index (χ3n) is 4.24. The Morgan fingerprint density at radius 3 is 2.46 bits per heavy atom. The SMILES string of the molecule is C#C.C/C=C\C(=C/C)c1c(CS)c2cc(OC)ccc2n1CCN(C)C. The Balaban J connectivity index is 0.00000163. The molecule has 0 bridgehead atoms. The molecule has 0 spiro atoms. The summed E-state index contributed by atoms with van der Waals surface area (Å²) in [6, 6.07) is 6.31. The van der Waals surface area contributed by atoms with Gasteiger partial charge in [0.2, 0.25) is 0 Å². The van der Waals surface area contributed by atoms with Crippen molar-refractivity contribution in [3.63, 3.8) is 0 Å². The van der Waals surface area contributed by atoms with Gasteiger partial charge in [0.15, 0.2) is 0 Å². The Labute approximate surface area is 163 Å². The van der Waals surface area contributed by atoms with Crippen LogP contribution in [0.1, 0.15) is 25.1 Å². The molecule has 3 nitrogen and oxygen atoms in total. The molecule has 0 aliphatic rings. The summed E-state index contributed by atoms with van der Waals surface area (Å²) in [7, 11) is 5.93. The van der Waals surface area contributed by atoms with Gasteiger partial charge in [-0.15, -0.1) is 12.8 Å². The predicted molar refractivity (Wildman–Crippen MR) is 118 cm³/mol. The fraction of sp³-hybridized carbons (Fsp3) is 0.364. The largest absolute Gasteiger partial charge is 0.497 e. The quantitative estimate of drug-likeness (QED) is 0.425. The van der Waals surface area contributed by atoms with Crippen molar-refractivity contribution in [2.75, 3.05) is 27.7 Å². The minimum absolute atomic E-state index is 0.697. The number of methoxy groups -OCH3 is 1. The van der Waals surface area contributed by atoms with Gasteiger partial charge in [-0.3, -0.25) is 0 Å². The topological polar surface area (TPSA) is 17.4 Å². The predicted octanol–water partition coefficient (Wildman–Crippen LogP) is 4.87. The minimum Gasteiger partial charge on any atom is -0.497 e. The number of rotatable bonds is 7. The maximum absolute atomic E-state index is 5.43. The molecule has 2 aromatic rings. The molecule has 0 saturated heterocycles. The molecule has 0 aliphatic heterocycles. The van der Waals surface area contributed by atoms with E-state index in [4.69, 9.17) is 4.74 Å². The van der Waals surface area contributed by atoms with E-state index in [9.17, 15) is 0 Å². The smallest absolute Gasteiger partial charge is 0.119 e. The molecule has 1 aromatic carbocycles. The molecular formula is C22H30N2OS. The average molecular weight is 371 g/mol. The fourth-order valence-corrected chi connectivity index (χ4v) is 3.36. The molecule has 0 N–H and O–H groups in total. The van der Waals surface area contributed by atoms with Crippen LogP contribution in [0.2, 0.25) is 0 Å². The number of aromatic nitrogens is 1. The zero-order chi connectivity index (χ0) is 19.7. The maximum Gasteiger partial charge on any atom is 0.119 e. The highest BCUT2D eigenvalue weighted by molar-refractivity contribution is 7.79. The van der Waals surface area contributed by atoms with Crippen molar-refractivity contribution >= 4 is 29.1 Å². The van der Waals surface area contributed by atoms with Crippen LogP contribution in [0.4, 0.5) is 0 Å². The van der Waals surface area contributed by atoms with Crippen LogP contribution in [-0.4, -0.2) is 37.2 Å². The van der Waals surface area contributed by atoms with E-state index in [1.165, 1.54) is 27.7 Å². The molecule has 26 heavy (non-hydrogen) atoms. The summed E-state index contributed by atoms with van der Waals surface area (Å²) in [5, 5.41) is 1.22. The molecule has 1 heterocycles. The molecule has 0 saturated carbocycles. The second-order valence-corrected chi connectivity index (χ2v) is 6.38. The van der Waals surface area contributed by atoms with Crippen LogP contribution in [0, 0.1) is 12.8 Å². The van der Waals surface area contributed by atoms with Crippen LogP contribution >= 0.6 is 12.6 Å². The van der Waals surface area contributed by atoms with E-state index in [1.807, 2.05) is 6.07 Å². The van der Waals surface area contributed by atoms with E-state index in [2.05, 4.69) is 93.2 Å². The Bertz CT molecular complexity index is 797. The van der Waals surface area contributed by atoms with Gasteiger partial charge in [-0.25, -0.2) is 0 Å². The zero-order valence-corrected chi connectivity index (χ0v) is 17.4. The number of likely N-dealkylation sites (N-methyl/N-ethyl adjacent to an activating group) is 1. The first kappa shape index (κ1) is 22.0. The lowest BCUT2D eigenvalue weighted by Crippen LogP contribution is -2.19. The molecule has 2 rings (SSSR count). The van der Waals surface area contributed by atoms with Crippen molar-refractivity contribution in [2.45, 2.75) is 26.1 Å². The van der Waals surface area contributed by atoms with Gasteiger partial charge in [-0.2, -0.15) is 12.6 Å². The van der Waals surface area contributed by atoms with Crippen molar-refractivity contribution in [3.8, 4) is 18.6 Å². The van der Waals surface area contributed by atoms with Crippen LogP contribution < -0.4 is 4.74 Å². The lowest BCUT2D eigenvalue weighted by Gasteiger charge is -2.16. The summed E-state index contributed by atoms with van der Waals surface area (Å²) in [4.78, 5) is 2.21. The third-order valence-corrected chi connectivity index (χ3v) is 4.55. The summed E-state index contributed by atoms with van der Waals surface area (Å²) in [5.41, 5.74) is 4.99. The van der Waals surface area contributed by atoms with Crippen LogP contribution in [0.5, 0.6) is 5.75 Å². The van der Waals surface area contributed by atoms with Gasteiger partial charge in [0.05, 0.1) is 12.8 Å². The highest BCUT2D eigenvalue weighted by atomic mass is 32.1. The Morgan fingerprint density at radius 1 is 1.27 bits per heavy atom. The van der Waals surface area contributed by atoms with E-state index in [0.29, 0.717) is 5.75 Å². The highest BCUT2D eigenvalue weighted by Gasteiger charge is 2.18. The Hall–Kier alpha value is -2.09. The van der Waals surface area contributed by atoms with E-state index in [1.54, 1.807) is 7.11 Å². The first-order chi connectivity index (χ1) is 12.6. The Kier molecular flexibility index (Phi) is 9.12. The van der Waals surface area contributed by atoms with Crippen molar-refractivity contribution in [2.24, 2.45) is 0 Å². The van der Waals surface area contributed by atoms with Crippen LogP contribution in [-0.2, 0) is 12.3 Å². The zero-order valence-electron chi connectivity index (χ0n) is 16.5. The number of terminal acetylenes is 1. The summed E-state index contributed by atoms with van der Waals surface area (Å²) >= 11 is 4.63. The summed E-state index contributed by atoms with van der Waals surface area (Å²) < 4.78 is 7.84. The van der Waals surface area contributed by atoms with Crippen molar-refractivity contribution < 1.29 is 4.74 Å². The lowest BCUT2D eigenvalue weighted by molar-refractivity contribution is 0.386. The number of fused-ring (bicyclic) bond motifs is 1. The monoisotopic (exact) mass is 370 g/mol. The maximum atomic E-state index is 5.43. The molecule has 0 aliphatic carbocycles. The number of nitrogens with zero attached hydrogens (tertiary/aromatic N) is 2. The van der Waals surface area contributed by atoms with Crippen molar-refractivity contribution in [1.29, 1.82) is 0 Å². The average Bonchev–Trinajstić information content (AvgIpc) is 2.98. The van der Waals surface area contributed by atoms with E-state index in [0.717, 1.165) is 18.8 Å². The molecule has 140 valence electrons. The second kappa shape index (κ2) is 10.8. The van der Waals surface area contributed by atoms with Crippen LogP contribution in [0.3, 0.4) is 0 Å². The van der Waals surface area contributed by atoms with Gasteiger partial charge in [0, 0.05) is 29.7 Å². The molecule has 0 fully saturated rings. The minimum atomic E-state index is 0.697. The normalized spacial score (nSPS) is 11.8. The molecule has 0 amide bonds. The number of ether oxygens (including phenoxy) is 1. The standard InChI is InChI=1S/C20H28N2OS.C2H2/c1-6-8-15(7-2)20-18(14-24)17-13-16(23-5)9-10-19(17)22(20)12-11-21(3)4;1-2/h6-10,13,24H,11-12,14H2,1-5H3;1-2H/b8-6-,15-7+;. The number of allylic oxidation sites excluding steroid dienone is 4. The van der Waals surface area contributed by atoms with Crippen LogP contribution in [0.15, 0.2) is 36.4 Å². The van der Waals surface area contributed by atoms with Gasteiger partial charge in [-0.05, 0) is 57.3 Å². The molecular weight excluding hydrogens is 340 g/mol. The molecule has 0 unspecified atom stereocenters. The fourth-order valence-electron chi connectivity index (χ4n) is 3.04. The summed E-state index contributed by atoms with van der Waals surface area (Å²) in [6.45, 7) is 6.07. The van der Waals surface area contributed by atoms with E-state index >= 15 is 0 Å². The van der Waals surface area contributed by atoms with Crippen molar-refractivity contribution in [1.82, 2.24) is 9.47 Å². The molecule has 0 atom stereocenters. The second-order valence-electron chi connectivity index (χ2n) is 6.07. The van der Waals surface area contributed by atoms with Gasteiger partial charge in [0.1, 0.15) is 5.75 Å². The third kappa shape index (κ3) is 4.75. The number of benzene rings is 1. The highest BCUT2D eigenvalue weighted by Crippen LogP contribution is 2.35. The first-order valence-corrected chi connectivity index (χ1v) is 9.28. The van der Waals surface area contributed by atoms with E-state index < -0.39 is 0 Å². The summed E-state index contributed by atoms with van der Waals surface area (Å²) in [5.74, 6) is 1.58. The number of hydrogen-bond donors (Lipinski definition) is 1.